The summed E-state index contributed by atoms with van der Waals surface area (Å²) >= 11 is 0. The third kappa shape index (κ3) is 4.05. The quantitative estimate of drug-likeness (QED) is 0.894. The largest absolute Gasteiger partial charge is 0.387 e. The highest BCUT2D eigenvalue weighted by atomic mass is 32.2. The predicted molar refractivity (Wildman–Crippen MR) is 81.3 cm³/mol. The summed E-state index contributed by atoms with van der Waals surface area (Å²) in [6, 6.07) is 0.246. The Morgan fingerprint density at radius 3 is 2.81 bits per heavy atom. The zero-order valence-electron chi connectivity index (χ0n) is 12.9. The molecule has 1 aromatic heterocycles. The van der Waals surface area contributed by atoms with E-state index in [1.807, 2.05) is 18.4 Å². The molecule has 1 fully saturated rings. The second-order valence-electron chi connectivity index (χ2n) is 6.20. The number of aromatic nitrogens is 2. The van der Waals surface area contributed by atoms with Crippen LogP contribution in [0.3, 0.4) is 0 Å². The van der Waals surface area contributed by atoms with Crippen molar-refractivity contribution in [3.05, 3.63) is 18.2 Å². The number of aliphatic hydroxyl groups excluding tert-OH is 1. The van der Waals surface area contributed by atoms with Crippen LogP contribution in [0.4, 0.5) is 0 Å². The zero-order chi connectivity index (χ0) is 15.6. The molecular weight excluding hydrogens is 290 g/mol. The number of sulfonamides is 1. The van der Waals surface area contributed by atoms with Crippen molar-refractivity contribution < 1.29 is 13.5 Å². The minimum atomic E-state index is -3.14. The van der Waals surface area contributed by atoms with Crippen molar-refractivity contribution in [2.75, 3.05) is 19.3 Å². The highest BCUT2D eigenvalue weighted by Gasteiger charge is 2.28. The highest BCUT2D eigenvalue weighted by Crippen LogP contribution is 2.29. The van der Waals surface area contributed by atoms with Gasteiger partial charge in [-0.25, -0.2) is 17.7 Å². The van der Waals surface area contributed by atoms with Crippen LogP contribution in [-0.4, -0.2) is 46.7 Å². The minimum absolute atomic E-state index is 0.194. The highest BCUT2D eigenvalue weighted by molar-refractivity contribution is 7.88. The molecule has 0 radical (unpaired) electrons. The first-order valence-electron chi connectivity index (χ1n) is 7.44. The van der Waals surface area contributed by atoms with E-state index >= 15 is 0 Å². The number of piperidine rings is 1. The molecule has 2 rings (SSSR count). The van der Waals surface area contributed by atoms with Crippen molar-refractivity contribution in [2.24, 2.45) is 5.92 Å². The molecule has 0 bridgehead atoms. The van der Waals surface area contributed by atoms with Crippen LogP contribution in [0, 0.1) is 5.92 Å². The van der Waals surface area contributed by atoms with E-state index in [4.69, 9.17) is 0 Å². The smallest absolute Gasteiger partial charge is 0.211 e. The fourth-order valence-electron chi connectivity index (χ4n) is 2.96. The van der Waals surface area contributed by atoms with Gasteiger partial charge in [-0.3, -0.25) is 0 Å². The first-order chi connectivity index (χ1) is 9.79. The summed E-state index contributed by atoms with van der Waals surface area (Å²) in [6.45, 7) is 5.19. The Hall–Kier alpha value is -0.920. The van der Waals surface area contributed by atoms with Gasteiger partial charge >= 0.3 is 0 Å². The Morgan fingerprint density at radius 1 is 1.48 bits per heavy atom. The van der Waals surface area contributed by atoms with E-state index in [1.54, 1.807) is 12.5 Å². The average Bonchev–Trinajstić information content (AvgIpc) is 2.87. The van der Waals surface area contributed by atoms with Gasteiger partial charge in [-0.1, -0.05) is 0 Å². The third-order valence-electron chi connectivity index (χ3n) is 4.10. The SMILES string of the molecule is CC(C)n1cncc1C(O)CC1CCCN(S(C)(=O)=O)C1. The molecule has 21 heavy (non-hydrogen) atoms. The van der Waals surface area contributed by atoms with E-state index in [9.17, 15) is 13.5 Å². The summed E-state index contributed by atoms with van der Waals surface area (Å²) < 4.78 is 26.8. The number of nitrogens with zero attached hydrogens (tertiary/aromatic N) is 3. The molecule has 1 N–H and O–H groups in total. The molecule has 2 unspecified atom stereocenters. The molecule has 0 spiro atoms. The van der Waals surface area contributed by atoms with E-state index in [0.29, 0.717) is 19.5 Å². The van der Waals surface area contributed by atoms with E-state index in [1.165, 1.54) is 10.6 Å². The fraction of sp³-hybridized carbons (Fsp3) is 0.786. The Bertz CT molecular complexity index is 568. The van der Waals surface area contributed by atoms with Crippen LogP contribution in [0.15, 0.2) is 12.5 Å². The maximum atomic E-state index is 11.6. The van der Waals surface area contributed by atoms with Gasteiger partial charge in [0.05, 0.1) is 30.6 Å². The minimum Gasteiger partial charge on any atom is -0.387 e. The summed E-state index contributed by atoms with van der Waals surface area (Å²) in [5.74, 6) is 0.194. The van der Waals surface area contributed by atoms with Crippen molar-refractivity contribution in [1.82, 2.24) is 13.9 Å². The van der Waals surface area contributed by atoms with Crippen LogP contribution in [0.5, 0.6) is 0 Å². The van der Waals surface area contributed by atoms with Crippen LogP contribution >= 0.6 is 0 Å². The van der Waals surface area contributed by atoms with Gasteiger partial charge in [0.15, 0.2) is 0 Å². The zero-order valence-corrected chi connectivity index (χ0v) is 13.8. The molecule has 1 aromatic rings. The molecule has 6 nitrogen and oxygen atoms in total. The standard InChI is InChI=1S/C14H25N3O3S/c1-11(2)17-10-15-8-13(17)14(18)7-12-5-4-6-16(9-12)21(3,19)20/h8,10-12,14,18H,4-7,9H2,1-3H3. The van der Waals surface area contributed by atoms with Gasteiger partial charge in [-0.2, -0.15) is 0 Å². The third-order valence-corrected chi connectivity index (χ3v) is 5.37. The van der Waals surface area contributed by atoms with Crippen molar-refractivity contribution >= 4 is 10.0 Å². The van der Waals surface area contributed by atoms with Crippen molar-refractivity contribution in [3.63, 3.8) is 0 Å². The molecule has 0 amide bonds. The monoisotopic (exact) mass is 315 g/mol. The molecule has 1 aliphatic rings. The Balaban J connectivity index is 2.02. The molecule has 0 saturated carbocycles. The molecule has 2 atom stereocenters. The summed E-state index contributed by atoms with van der Waals surface area (Å²) in [5.41, 5.74) is 0.807. The topological polar surface area (TPSA) is 75.4 Å². The Morgan fingerprint density at radius 2 is 2.19 bits per heavy atom. The van der Waals surface area contributed by atoms with Gasteiger partial charge in [0, 0.05) is 19.1 Å². The van der Waals surface area contributed by atoms with Crippen molar-refractivity contribution in [1.29, 1.82) is 0 Å². The van der Waals surface area contributed by atoms with Gasteiger partial charge in [-0.05, 0) is 39.0 Å². The van der Waals surface area contributed by atoms with Crippen LogP contribution < -0.4 is 0 Å². The van der Waals surface area contributed by atoms with Gasteiger partial charge in [0.1, 0.15) is 0 Å². The van der Waals surface area contributed by atoms with E-state index in [2.05, 4.69) is 4.98 Å². The number of hydrogen-bond acceptors (Lipinski definition) is 4. The first kappa shape index (κ1) is 16.5. The number of aliphatic hydroxyl groups is 1. The summed E-state index contributed by atoms with van der Waals surface area (Å²) in [4.78, 5) is 4.11. The van der Waals surface area contributed by atoms with Gasteiger partial charge in [0.2, 0.25) is 10.0 Å². The van der Waals surface area contributed by atoms with E-state index in [-0.39, 0.29) is 12.0 Å². The van der Waals surface area contributed by atoms with Crippen LogP contribution in [0.25, 0.3) is 0 Å². The van der Waals surface area contributed by atoms with Gasteiger partial charge < -0.3 is 9.67 Å². The lowest BCUT2D eigenvalue weighted by atomic mass is 9.92. The summed E-state index contributed by atoms with van der Waals surface area (Å²) in [6.07, 6.45) is 6.46. The number of imidazole rings is 1. The normalized spacial score (nSPS) is 22.6. The Kier molecular flexibility index (Phi) is 5.06. The lowest BCUT2D eigenvalue weighted by Crippen LogP contribution is -2.39. The van der Waals surface area contributed by atoms with Crippen molar-refractivity contribution in [3.8, 4) is 0 Å². The summed E-state index contributed by atoms with van der Waals surface area (Å²) in [7, 11) is -3.14. The van der Waals surface area contributed by atoms with Crippen LogP contribution in [-0.2, 0) is 10.0 Å². The second-order valence-corrected chi connectivity index (χ2v) is 8.18. The summed E-state index contributed by atoms with van der Waals surface area (Å²) in [5, 5.41) is 10.5. The molecular formula is C14H25N3O3S. The molecule has 0 aromatic carbocycles. The second kappa shape index (κ2) is 6.46. The molecule has 7 heteroatoms. The van der Waals surface area contributed by atoms with E-state index < -0.39 is 16.1 Å². The maximum Gasteiger partial charge on any atom is 0.211 e. The molecule has 1 saturated heterocycles. The molecule has 2 heterocycles. The van der Waals surface area contributed by atoms with Gasteiger partial charge in [-0.15, -0.1) is 0 Å². The lowest BCUT2D eigenvalue weighted by Gasteiger charge is -2.32. The molecule has 0 aliphatic carbocycles. The average molecular weight is 315 g/mol. The van der Waals surface area contributed by atoms with E-state index in [0.717, 1.165) is 18.5 Å². The lowest BCUT2D eigenvalue weighted by molar-refractivity contribution is 0.115. The predicted octanol–water partition coefficient (Wildman–Crippen LogP) is 1.56. The first-order valence-corrected chi connectivity index (χ1v) is 9.28. The number of rotatable bonds is 5. The number of hydrogen-bond donors (Lipinski definition) is 1. The molecule has 120 valence electrons. The fourth-order valence-corrected chi connectivity index (χ4v) is 3.90. The maximum absolute atomic E-state index is 11.6. The van der Waals surface area contributed by atoms with Crippen LogP contribution in [0.1, 0.15) is 50.9 Å². The van der Waals surface area contributed by atoms with Gasteiger partial charge in [0.25, 0.3) is 0 Å². The van der Waals surface area contributed by atoms with Crippen molar-refractivity contribution in [2.45, 2.75) is 45.3 Å². The Labute approximate surface area is 126 Å². The van der Waals surface area contributed by atoms with Crippen LogP contribution in [0.2, 0.25) is 0 Å². The molecule has 1 aliphatic heterocycles.